The molecular formula is C18H19F3N4O2. The second kappa shape index (κ2) is 7.89. The van der Waals surface area contributed by atoms with Gasteiger partial charge in [-0.05, 0) is 18.4 Å². The summed E-state index contributed by atoms with van der Waals surface area (Å²) < 4.78 is 40.1. The predicted molar refractivity (Wildman–Crippen MR) is 92.0 cm³/mol. The molecule has 0 radical (unpaired) electrons. The minimum atomic E-state index is -4.60. The van der Waals surface area contributed by atoms with Gasteiger partial charge in [0.1, 0.15) is 6.04 Å². The van der Waals surface area contributed by atoms with E-state index in [0.717, 1.165) is 48.6 Å². The molecular weight excluding hydrogens is 361 g/mol. The monoisotopic (exact) mass is 380 g/mol. The molecule has 2 aromatic heterocycles. The van der Waals surface area contributed by atoms with Crippen LogP contribution in [0.25, 0.3) is 0 Å². The number of nitrogens with zero attached hydrogens (tertiary/aromatic N) is 3. The van der Waals surface area contributed by atoms with Crippen molar-refractivity contribution in [2.24, 2.45) is 5.92 Å². The van der Waals surface area contributed by atoms with Gasteiger partial charge in [-0.2, -0.15) is 13.2 Å². The van der Waals surface area contributed by atoms with E-state index < -0.39 is 29.2 Å². The van der Waals surface area contributed by atoms with E-state index in [1.54, 1.807) is 0 Å². The zero-order chi connectivity index (χ0) is 19.4. The predicted octanol–water partition coefficient (Wildman–Crippen LogP) is 3.42. The van der Waals surface area contributed by atoms with Crippen LogP contribution >= 0.6 is 0 Å². The van der Waals surface area contributed by atoms with Crippen LogP contribution < -0.4 is 10.9 Å². The summed E-state index contributed by atoms with van der Waals surface area (Å²) in [6.07, 6.45) is 4.38. The smallest absolute Gasteiger partial charge is 0.308 e. The zero-order valence-electron chi connectivity index (χ0n) is 14.4. The van der Waals surface area contributed by atoms with Crippen LogP contribution in [0.4, 0.5) is 19.0 Å². The number of carbonyl (C=O) groups is 1. The standard InChI is InChI=1S/C18H19F3N4O2/c19-18(20,21)13-5-6-16(26)25(11-13)14(9-12-3-1-2-4-12)17(27)24-15-10-22-7-8-23-15/h5-8,10-12,14H,1-4,9H2,(H,23,24,27)/t14-/m0/s1. The Morgan fingerprint density at radius 3 is 2.63 bits per heavy atom. The van der Waals surface area contributed by atoms with E-state index in [9.17, 15) is 22.8 Å². The van der Waals surface area contributed by atoms with Gasteiger partial charge >= 0.3 is 6.18 Å². The summed E-state index contributed by atoms with van der Waals surface area (Å²) >= 11 is 0. The first-order valence-corrected chi connectivity index (χ1v) is 8.71. The molecule has 2 heterocycles. The Morgan fingerprint density at radius 2 is 2.00 bits per heavy atom. The Hall–Kier alpha value is -2.71. The van der Waals surface area contributed by atoms with Gasteiger partial charge in [0.15, 0.2) is 5.82 Å². The van der Waals surface area contributed by atoms with E-state index in [0.29, 0.717) is 6.42 Å². The average molecular weight is 380 g/mol. The summed E-state index contributed by atoms with van der Waals surface area (Å²) in [5, 5.41) is 2.55. The van der Waals surface area contributed by atoms with Gasteiger partial charge in [0, 0.05) is 24.7 Å². The molecule has 1 N–H and O–H groups in total. The summed E-state index contributed by atoms with van der Waals surface area (Å²) in [6.45, 7) is 0. The highest BCUT2D eigenvalue weighted by Gasteiger charge is 2.33. The molecule has 0 aromatic carbocycles. The van der Waals surface area contributed by atoms with Crippen LogP contribution in [0.3, 0.4) is 0 Å². The van der Waals surface area contributed by atoms with Gasteiger partial charge in [-0.15, -0.1) is 0 Å². The van der Waals surface area contributed by atoms with Crippen molar-refractivity contribution < 1.29 is 18.0 Å². The molecule has 1 saturated carbocycles. The highest BCUT2D eigenvalue weighted by Crippen LogP contribution is 2.33. The number of anilines is 1. The zero-order valence-corrected chi connectivity index (χ0v) is 14.4. The van der Waals surface area contributed by atoms with E-state index in [1.807, 2.05) is 0 Å². The third kappa shape index (κ3) is 4.72. The molecule has 9 heteroatoms. The molecule has 0 saturated heterocycles. The minimum absolute atomic E-state index is 0.180. The largest absolute Gasteiger partial charge is 0.417 e. The van der Waals surface area contributed by atoms with E-state index >= 15 is 0 Å². The van der Waals surface area contributed by atoms with Crippen LogP contribution in [0.1, 0.15) is 43.7 Å². The molecule has 0 spiro atoms. The fourth-order valence-electron chi connectivity index (χ4n) is 3.40. The summed E-state index contributed by atoms with van der Waals surface area (Å²) in [7, 11) is 0. The Morgan fingerprint density at radius 1 is 1.26 bits per heavy atom. The third-order valence-electron chi connectivity index (χ3n) is 4.75. The summed E-state index contributed by atoms with van der Waals surface area (Å²) in [5.74, 6) is -0.216. The Labute approximate surface area is 153 Å². The maximum absolute atomic E-state index is 13.1. The van der Waals surface area contributed by atoms with E-state index in [-0.39, 0.29) is 11.7 Å². The van der Waals surface area contributed by atoms with Crippen molar-refractivity contribution in [3.8, 4) is 0 Å². The molecule has 0 aliphatic heterocycles. The molecule has 2 aromatic rings. The van der Waals surface area contributed by atoms with Gasteiger partial charge in [-0.1, -0.05) is 25.7 Å². The minimum Gasteiger partial charge on any atom is -0.308 e. The van der Waals surface area contributed by atoms with Gasteiger partial charge in [0.2, 0.25) is 5.91 Å². The van der Waals surface area contributed by atoms with Crippen LogP contribution in [-0.4, -0.2) is 20.4 Å². The highest BCUT2D eigenvalue weighted by atomic mass is 19.4. The normalized spacial score (nSPS) is 16.3. The first kappa shape index (κ1) is 19.1. The molecule has 27 heavy (non-hydrogen) atoms. The number of pyridine rings is 1. The van der Waals surface area contributed by atoms with Gasteiger partial charge in [-0.3, -0.25) is 14.6 Å². The summed E-state index contributed by atoms with van der Waals surface area (Å²) in [5.41, 5.74) is -1.62. The molecule has 6 nitrogen and oxygen atoms in total. The first-order valence-electron chi connectivity index (χ1n) is 8.71. The van der Waals surface area contributed by atoms with E-state index in [1.165, 1.54) is 18.6 Å². The quantitative estimate of drug-likeness (QED) is 0.862. The second-order valence-electron chi connectivity index (χ2n) is 6.64. The van der Waals surface area contributed by atoms with Crippen LogP contribution in [0.15, 0.2) is 41.7 Å². The maximum atomic E-state index is 13.1. The fraction of sp³-hybridized carbons (Fsp3) is 0.444. The van der Waals surface area contributed by atoms with Gasteiger partial charge in [0.05, 0.1) is 11.8 Å². The van der Waals surface area contributed by atoms with Crippen LogP contribution in [0.5, 0.6) is 0 Å². The van der Waals surface area contributed by atoms with Gasteiger partial charge in [-0.25, -0.2) is 4.98 Å². The van der Waals surface area contributed by atoms with Crippen molar-refractivity contribution >= 4 is 11.7 Å². The summed E-state index contributed by atoms with van der Waals surface area (Å²) in [4.78, 5) is 32.8. The maximum Gasteiger partial charge on any atom is 0.417 e. The van der Waals surface area contributed by atoms with Crippen LogP contribution in [0.2, 0.25) is 0 Å². The van der Waals surface area contributed by atoms with Crippen molar-refractivity contribution in [1.82, 2.24) is 14.5 Å². The molecule has 1 atom stereocenters. The van der Waals surface area contributed by atoms with Gasteiger partial charge < -0.3 is 9.88 Å². The van der Waals surface area contributed by atoms with E-state index in [2.05, 4.69) is 15.3 Å². The molecule has 1 amide bonds. The number of nitrogens with one attached hydrogen (secondary N) is 1. The third-order valence-corrected chi connectivity index (χ3v) is 4.75. The number of carbonyl (C=O) groups excluding carboxylic acids is 1. The highest BCUT2D eigenvalue weighted by molar-refractivity contribution is 5.92. The fourth-order valence-corrected chi connectivity index (χ4v) is 3.40. The molecule has 144 valence electrons. The van der Waals surface area contributed by atoms with Gasteiger partial charge in [0.25, 0.3) is 5.56 Å². The van der Waals surface area contributed by atoms with Crippen LogP contribution in [-0.2, 0) is 11.0 Å². The Balaban J connectivity index is 1.94. The van der Waals surface area contributed by atoms with Crippen molar-refractivity contribution in [2.75, 3.05) is 5.32 Å². The topological polar surface area (TPSA) is 76.9 Å². The number of hydrogen-bond donors (Lipinski definition) is 1. The van der Waals surface area contributed by atoms with Crippen molar-refractivity contribution in [3.63, 3.8) is 0 Å². The lowest BCUT2D eigenvalue weighted by atomic mass is 9.97. The van der Waals surface area contributed by atoms with Crippen molar-refractivity contribution in [1.29, 1.82) is 0 Å². The molecule has 1 aliphatic rings. The van der Waals surface area contributed by atoms with E-state index in [4.69, 9.17) is 0 Å². The number of aromatic nitrogens is 3. The summed E-state index contributed by atoms with van der Waals surface area (Å²) in [6, 6.07) is 0.524. The first-order chi connectivity index (χ1) is 12.8. The SMILES string of the molecule is O=C(Nc1cnccn1)[C@H](CC1CCCC1)n1cc(C(F)(F)F)ccc1=O. The number of alkyl halides is 3. The Kier molecular flexibility index (Phi) is 5.57. The number of halogens is 3. The lowest BCUT2D eigenvalue weighted by molar-refractivity contribution is -0.138. The molecule has 0 unspecified atom stereocenters. The number of amides is 1. The van der Waals surface area contributed by atoms with Crippen molar-refractivity contribution in [3.05, 3.63) is 52.8 Å². The lowest BCUT2D eigenvalue weighted by Gasteiger charge is -2.23. The molecule has 0 bridgehead atoms. The van der Waals surface area contributed by atoms with Crippen LogP contribution in [0, 0.1) is 5.92 Å². The molecule has 3 rings (SSSR count). The Bertz CT molecular complexity index is 846. The number of rotatable bonds is 5. The average Bonchev–Trinajstić information content (AvgIpc) is 3.13. The number of hydrogen-bond acceptors (Lipinski definition) is 4. The molecule has 1 fully saturated rings. The second-order valence-corrected chi connectivity index (χ2v) is 6.64. The molecule has 1 aliphatic carbocycles. The lowest BCUT2D eigenvalue weighted by Crippen LogP contribution is -2.35. The van der Waals surface area contributed by atoms with Crippen molar-refractivity contribution in [2.45, 2.75) is 44.3 Å².